The van der Waals surface area contributed by atoms with E-state index in [9.17, 15) is 0 Å². The second kappa shape index (κ2) is 13.9. The number of nitrogens with one attached hydrogen (secondary N) is 1. The van der Waals surface area contributed by atoms with E-state index in [0.29, 0.717) is 45.7 Å². The SMILES string of the molecule is CCC(COCCOCCOCCOC)NC. The minimum atomic E-state index is 0.437. The van der Waals surface area contributed by atoms with E-state index >= 15 is 0 Å². The third-order valence-electron chi connectivity index (χ3n) is 2.40. The molecule has 1 N–H and O–H groups in total. The smallest absolute Gasteiger partial charge is 0.0701 e. The van der Waals surface area contributed by atoms with Gasteiger partial charge in [0.1, 0.15) is 0 Å². The molecule has 0 bridgehead atoms. The molecule has 0 aliphatic heterocycles. The number of ether oxygens (including phenoxy) is 4. The Morgan fingerprint density at radius 3 is 1.88 bits per heavy atom. The van der Waals surface area contributed by atoms with Crippen LogP contribution >= 0.6 is 0 Å². The molecule has 0 saturated heterocycles. The molecule has 1 unspecified atom stereocenters. The molecule has 104 valence electrons. The van der Waals surface area contributed by atoms with E-state index in [2.05, 4.69) is 12.2 Å². The Balaban J connectivity index is 3.03. The summed E-state index contributed by atoms with van der Waals surface area (Å²) in [7, 11) is 3.61. The molecule has 0 amide bonds. The van der Waals surface area contributed by atoms with Crippen LogP contribution in [0.4, 0.5) is 0 Å². The van der Waals surface area contributed by atoms with Gasteiger partial charge in [-0.3, -0.25) is 0 Å². The highest BCUT2D eigenvalue weighted by molar-refractivity contribution is 4.59. The van der Waals surface area contributed by atoms with Crippen molar-refractivity contribution < 1.29 is 18.9 Å². The van der Waals surface area contributed by atoms with Gasteiger partial charge in [-0.05, 0) is 13.5 Å². The van der Waals surface area contributed by atoms with Crippen molar-refractivity contribution in [2.45, 2.75) is 19.4 Å². The van der Waals surface area contributed by atoms with E-state index in [1.165, 1.54) is 0 Å². The molecule has 0 rings (SSSR count). The van der Waals surface area contributed by atoms with Crippen LogP contribution in [0.25, 0.3) is 0 Å². The zero-order valence-corrected chi connectivity index (χ0v) is 11.4. The van der Waals surface area contributed by atoms with E-state index < -0.39 is 0 Å². The lowest BCUT2D eigenvalue weighted by Gasteiger charge is -2.13. The molecule has 0 aliphatic rings. The Hall–Kier alpha value is -0.200. The van der Waals surface area contributed by atoms with Gasteiger partial charge < -0.3 is 24.3 Å². The summed E-state index contributed by atoms with van der Waals surface area (Å²) < 4.78 is 20.9. The molecule has 0 fully saturated rings. The van der Waals surface area contributed by atoms with Crippen molar-refractivity contribution in [3.8, 4) is 0 Å². The number of hydrogen-bond donors (Lipinski definition) is 1. The van der Waals surface area contributed by atoms with E-state index in [1.54, 1.807) is 7.11 Å². The van der Waals surface area contributed by atoms with Crippen LogP contribution in [0.3, 0.4) is 0 Å². The van der Waals surface area contributed by atoms with Crippen LogP contribution in [0, 0.1) is 0 Å². The molecule has 0 aromatic rings. The van der Waals surface area contributed by atoms with E-state index in [1.807, 2.05) is 7.05 Å². The van der Waals surface area contributed by atoms with Crippen molar-refractivity contribution in [3.63, 3.8) is 0 Å². The van der Waals surface area contributed by atoms with Gasteiger partial charge in [0.25, 0.3) is 0 Å². The fraction of sp³-hybridized carbons (Fsp3) is 1.00. The Morgan fingerprint density at radius 1 is 0.882 bits per heavy atom. The third-order valence-corrected chi connectivity index (χ3v) is 2.40. The molecule has 17 heavy (non-hydrogen) atoms. The summed E-state index contributed by atoms with van der Waals surface area (Å²) >= 11 is 0. The van der Waals surface area contributed by atoms with Crippen LogP contribution in [0.15, 0.2) is 0 Å². The standard InChI is InChI=1S/C12H27NO4/c1-4-12(13-2)11-17-10-9-16-8-7-15-6-5-14-3/h12-13H,4-11H2,1-3H3. The average Bonchev–Trinajstić information content (AvgIpc) is 2.36. The van der Waals surface area contributed by atoms with Crippen molar-refractivity contribution in [2.75, 3.05) is 60.4 Å². The first-order valence-electron chi connectivity index (χ1n) is 6.24. The van der Waals surface area contributed by atoms with Crippen LogP contribution in [0.5, 0.6) is 0 Å². The lowest BCUT2D eigenvalue weighted by molar-refractivity contribution is 0.000947. The molecule has 5 heteroatoms. The molecule has 0 aromatic heterocycles. The largest absolute Gasteiger partial charge is 0.382 e. The number of hydrogen-bond acceptors (Lipinski definition) is 5. The normalized spacial score (nSPS) is 12.9. The first-order chi connectivity index (χ1) is 8.35. The summed E-state index contributed by atoms with van der Waals surface area (Å²) in [6, 6.07) is 0.437. The van der Waals surface area contributed by atoms with Gasteiger partial charge in [0.2, 0.25) is 0 Å². The van der Waals surface area contributed by atoms with Crippen molar-refractivity contribution in [2.24, 2.45) is 0 Å². The minimum Gasteiger partial charge on any atom is -0.382 e. The van der Waals surface area contributed by atoms with E-state index in [-0.39, 0.29) is 0 Å². The summed E-state index contributed by atoms with van der Waals surface area (Å²) in [6.45, 7) is 6.60. The molecule has 0 aromatic carbocycles. The Morgan fingerprint density at radius 2 is 1.41 bits per heavy atom. The highest BCUT2D eigenvalue weighted by atomic mass is 16.6. The summed E-state index contributed by atoms with van der Waals surface area (Å²) in [5.41, 5.74) is 0. The fourth-order valence-corrected chi connectivity index (χ4v) is 1.21. The zero-order chi connectivity index (χ0) is 12.8. The molecule has 0 heterocycles. The number of likely N-dealkylation sites (N-methyl/N-ethyl adjacent to an activating group) is 1. The maximum atomic E-state index is 5.47. The first-order valence-corrected chi connectivity index (χ1v) is 6.24. The van der Waals surface area contributed by atoms with Crippen molar-refractivity contribution in [3.05, 3.63) is 0 Å². The highest BCUT2D eigenvalue weighted by Crippen LogP contribution is 1.90. The van der Waals surface area contributed by atoms with Gasteiger partial charge in [-0.25, -0.2) is 0 Å². The van der Waals surface area contributed by atoms with Crippen molar-refractivity contribution in [1.29, 1.82) is 0 Å². The fourth-order valence-electron chi connectivity index (χ4n) is 1.21. The van der Waals surface area contributed by atoms with Gasteiger partial charge in [-0.15, -0.1) is 0 Å². The lowest BCUT2D eigenvalue weighted by atomic mass is 10.2. The second-order valence-electron chi connectivity index (χ2n) is 3.69. The van der Waals surface area contributed by atoms with Crippen LogP contribution in [0.1, 0.15) is 13.3 Å². The quantitative estimate of drug-likeness (QED) is 0.486. The monoisotopic (exact) mass is 249 g/mol. The van der Waals surface area contributed by atoms with Crippen LogP contribution < -0.4 is 5.32 Å². The van der Waals surface area contributed by atoms with E-state index in [4.69, 9.17) is 18.9 Å². The molecular formula is C12H27NO4. The van der Waals surface area contributed by atoms with Crippen molar-refractivity contribution >= 4 is 0 Å². The zero-order valence-electron chi connectivity index (χ0n) is 11.4. The summed E-state index contributed by atoms with van der Waals surface area (Å²) in [5.74, 6) is 0. The lowest BCUT2D eigenvalue weighted by Crippen LogP contribution is -2.30. The average molecular weight is 249 g/mol. The van der Waals surface area contributed by atoms with E-state index in [0.717, 1.165) is 13.0 Å². The van der Waals surface area contributed by atoms with Crippen LogP contribution in [-0.2, 0) is 18.9 Å². The topological polar surface area (TPSA) is 49.0 Å². The Bertz CT molecular complexity index is 142. The molecule has 0 spiro atoms. The maximum absolute atomic E-state index is 5.47. The summed E-state index contributed by atoms with van der Waals surface area (Å²) in [4.78, 5) is 0. The van der Waals surface area contributed by atoms with Crippen LogP contribution in [0.2, 0.25) is 0 Å². The van der Waals surface area contributed by atoms with Gasteiger partial charge in [0, 0.05) is 13.2 Å². The van der Waals surface area contributed by atoms with Gasteiger partial charge in [0.15, 0.2) is 0 Å². The Kier molecular flexibility index (Phi) is 13.7. The minimum absolute atomic E-state index is 0.437. The summed E-state index contributed by atoms with van der Waals surface area (Å²) in [5, 5.41) is 3.18. The maximum Gasteiger partial charge on any atom is 0.0701 e. The Labute approximate surface area is 105 Å². The number of methoxy groups -OCH3 is 1. The first kappa shape index (κ1) is 16.8. The van der Waals surface area contributed by atoms with Gasteiger partial charge in [-0.2, -0.15) is 0 Å². The van der Waals surface area contributed by atoms with Crippen LogP contribution in [-0.4, -0.2) is 66.4 Å². The predicted octanol–water partition coefficient (Wildman–Crippen LogP) is 0.681. The molecule has 1 atom stereocenters. The van der Waals surface area contributed by atoms with Crippen molar-refractivity contribution in [1.82, 2.24) is 5.32 Å². The molecular weight excluding hydrogens is 222 g/mol. The van der Waals surface area contributed by atoms with Gasteiger partial charge >= 0.3 is 0 Å². The molecule has 5 nitrogen and oxygen atoms in total. The van der Waals surface area contributed by atoms with Gasteiger partial charge in [0.05, 0.1) is 46.2 Å². The second-order valence-corrected chi connectivity index (χ2v) is 3.69. The third kappa shape index (κ3) is 12.1. The number of rotatable bonds is 13. The van der Waals surface area contributed by atoms with Gasteiger partial charge in [-0.1, -0.05) is 6.92 Å². The predicted molar refractivity (Wildman–Crippen MR) is 67.5 cm³/mol. The summed E-state index contributed by atoms with van der Waals surface area (Å²) in [6.07, 6.45) is 1.07. The molecule has 0 saturated carbocycles. The molecule has 0 radical (unpaired) electrons. The molecule has 0 aliphatic carbocycles. The highest BCUT2D eigenvalue weighted by Gasteiger charge is 2.01.